The Morgan fingerprint density at radius 1 is 1.23 bits per heavy atom. The maximum atomic E-state index is 12.5. The van der Waals surface area contributed by atoms with Crippen molar-refractivity contribution in [3.63, 3.8) is 0 Å². The van der Waals surface area contributed by atoms with Gasteiger partial charge in [-0.15, -0.1) is 13.1 Å². The van der Waals surface area contributed by atoms with Gasteiger partial charge < -0.3 is 50.2 Å². The Morgan fingerprint density at radius 2 is 1.82 bits per heavy atom. The third-order valence-corrected chi connectivity index (χ3v) is 7.15. The van der Waals surface area contributed by atoms with Crippen molar-refractivity contribution in [1.82, 2.24) is 4.90 Å². The minimum atomic E-state index is -0.948. The Balaban J connectivity index is 0. The molecule has 1 amide bonds. The van der Waals surface area contributed by atoms with Gasteiger partial charge in [0, 0.05) is 19.4 Å². The molecule has 1 saturated heterocycles. The van der Waals surface area contributed by atoms with E-state index in [1.165, 1.54) is 4.90 Å². The fourth-order valence-electron chi connectivity index (χ4n) is 5.21. The molecule has 7 atom stereocenters. The summed E-state index contributed by atoms with van der Waals surface area (Å²) in [4.78, 5) is 25.3. The van der Waals surface area contributed by atoms with E-state index in [9.17, 15) is 14.7 Å². The van der Waals surface area contributed by atoms with Crippen molar-refractivity contribution in [2.75, 3.05) is 20.2 Å². The Labute approximate surface area is 256 Å². The average Bonchev–Trinajstić information content (AvgIpc) is 2.81. The van der Waals surface area contributed by atoms with Gasteiger partial charge in [-0.05, 0) is 52.0 Å². The number of carbonyl (C=O) groups excluding carboxylic acids is 1. The Kier molecular flexibility index (Phi) is 20.2. The maximum absolute atomic E-state index is 12.5. The van der Waals surface area contributed by atoms with E-state index in [1.54, 1.807) is 7.11 Å². The zero-order chi connectivity index (χ0) is 29.0. The first kappa shape index (κ1) is 40.8. The molecule has 0 aliphatic carbocycles. The second-order valence-electron chi connectivity index (χ2n) is 11.0. The van der Waals surface area contributed by atoms with Crippen LogP contribution in [0.1, 0.15) is 74.1 Å². The molecule has 0 unspecified atom stereocenters. The van der Waals surface area contributed by atoms with Crippen LogP contribution in [-0.4, -0.2) is 78.4 Å². The van der Waals surface area contributed by atoms with E-state index < -0.39 is 24.3 Å². The van der Waals surface area contributed by atoms with Gasteiger partial charge >= 0.3 is 30.9 Å². The molecule has 0 aromatic carbocycles. The molecular weight excluding hydrogens is 505 g/mol. The zero-order valence-corrected chi connectivity index (χ0v) is 26.8. The Bertz CT molecular complexity index is 793. The molecule has 0 bridgehead atoms. The molecule has 40 heavy (non-hydrogen) atoms. The summed E-state index contributed by atoms with van der Waals surface area (Å²) in [7, 11) is 1.72. The summed E-state index contributed by atoms with van der Waals surface area (Å²) < 4.78 is 23.8. The molecule has 1 fully saturated rings. The number of ether oxygens (including phenoxy) is 4. The Hall–Kier alpha value is -1.30. The molecule has 0 aromatic heterocycles. The van der Waals surface area contributed by atoms with Crippen molar-refractivity contribution >= 4 is 12.1 Å². The number of amides is 1. The summed E-state index contributed by atoms with van der Waals surface area (Å²) in [5, 5.41) is 9.34. The predicted octanol–water partition coefficient (Wildman–Crippen LogP) is 3.32. The minimum absolute atomic E-state index is 0. The second-order valence-corrected chi connectivity index (χ2v) is 11.0. The number of allylic oxidation sites excluding steroid dienone is 3. The summed E-state index contributed by atoms with van der Waals surface area (Å²) >= 11 is 0. The fourth-order valence-corrected chi connectivity index (χ4v) is 5.21. The van der Waals surface area contributed by atoms with E-state index in [2.05, 4.69) is 54.5 Å². The van der Waals surface area contributed by atoms with Crippen LogP contribution < -0.4 is 18.9 Å². The maximum Gasteiger partial charge on any atom is 1.00 e. The smallest absolute Gasteiger partial charge is 0.481 e. The molecule has 0 spiro atoms. The largest absolute Gasteiger partial charge is 1.00 e. The molecular formula is C31H54LiNO7-2. The SMILES string of the molecule is [CH2-]CN(C[CH2-])C(=O)O[C@@H]1C[C@H](CC(=O)O)O[C@H](/C(C)=C/C=C/[C@@H](C)CC(C)(C)O[C@H](C)[C@H](CC)OC)[C@H]1C.[CH3-].[Li+]. The zero-order valence-electron chi connectivity index (χ0n) is 26.8. The van der Waals surface area contributed by atoms with Gasteiger partial charge in [-0.3, -0.25) is 4.79 Å². The minimum Gasteiger partial charge on any atom is -0.481 e. The van der Waals surface area contributed by atoms with Crippen molar-refractivity contribution < 1.29 is 52.5 Å². The van der Waals surface area contributed by atoms with Crippen LogP contribution in [0, 0.1) is 33.1 Å². The second kappa shape index (κ2) is 19.8. The number of carboxylic acids is 1. The number of hydrogen-bond donors (Lipinski definition) is 1. The van der Waals surface area contributed by atoms with Gasteiger partial charge in [0.1, 0.15) is 6.10 Å². The fraction of sp³-hybridized carbons (Fsp3) is 0.710. The molecule has 1 N–H and O–H groups in total. The molecule has 9 heteroatoms. The summed E-state index contributed by atoms with van der Waals surface area (Å²) in [5.41, 5.74) is 0.629. The van der Waals surface area contributed by atoms with Gasteiger partial charge in [0.2, 0.25) is 0 Å². The van der Waals surface area contributed by atoms with Gasteiger partial charge in [0.05, 0.1) is 36.4 Å². The molecule has 8 nitrogen and oxygen atoms in total. The monoisotopic (exact) mass is 559 g/mol. The van der Waals surface area contributed by atoms with Crippen LogP contribution in [0.2, 0.25) is 0 Å². The number of carboxylic acid groups (broad SMARTS) is 1. The van der Waals surface area contributed by atoms with E-state index in [4.69, 9.17) is 18.9 Å². The predicted molar refractivity (Wildman–Crippen MR) is 156 cm³/mol. The quantitative estimate of drug-likeness (QED) is 0.187. The van der Waals surface area contributed by atoms with Gasteiger partial charge in [-0.2, -0.15) is 0 Å². The van der Waals surface area contributed by atoms with E-state index in [0.29, 0.717) is 6.42 Å². The van der Waals surface area contributed by atoms with E-state index in [1.807, 2.05) is 26.0 Å². The molecule has 1 aliphatic rings. The normalized spacial score (nSPS) is 23.9. The number of hydrogen-bond acceptors (Lipinski definition) is 6. The summed E-state index contributed by atoms with van der Waals surface area (Å²) in [6.45, 7) is 22.4. The number of carbonyl (C=O) groups is 2. The molecule has 0 saturated carbocycles. The van der Waals surface area contributed by atoms with E-state index in [0.717, 1.165) is 18.4 Å². The van der Waals surface area contributed by atoms with Crippen LogP contribution in [0.5, 0.6) is 0 Å². The molecule has 1 rings (SSSR count). The van der Waals surface area contributed by atoms with Crippen molar-refractivity contribution in [1.29, 1.82) is 0 Å². The molecule has 1 heterocycles. The average molecular weight is 560 g/mol. The van der Waals surface area contributed by atoms with E-state index >= 15 is 0 Å². The van der Waals surface area contributed by atoms with Crippen LogP contribution in [0.25, 0.3) is 0 Å². The van der Waals surface area contributed by atoms with Crippen molar-refractivity contribution in [2.45, 2.75) is 110 Å². The van der Waals surface area contributed by atoms with Gasteiger partial charge in [-0.1, -0.05) is 39.0 Å². The third-order valence-electron chi connectivity index (χ3n) is 7.15. The standard InChI is InChI=1S/C30H51NO7.CH3.Li/c1-11-25(35-10)23(7)38-30(8,9)19-20(4)15-14-16-21(5)28-22(6)26(17-24(36-28)18-27(32)33)37-29(34)31(12-2)13-3;;/h14-16,20,22-26,28H,2-3,11-13,17-19H2,1,4-10H3,(H,32,33);1H3;/q-2;-1;+1/b15-14+,21-16+;;/t20-,22+,23-,24-,25+,26-,28-;;/m1../s1. The number of rotatable bonds is 15. The van der Waals surface area contributed by atoms with Crippen molar-refractivity contribution in [2.24, 2.45) is 11.8 Å². The summed E-state index contributed by atoms with van der Waals surface area (Å²) in [5.74, 6) is -0.835. The molecule has 0 radical (unpaired) electrons. The third kappa shape index (κ3) is 13.6. The van der Waals surface area contributed by atoms with Gasteiger partial charge in [0.25, 0.3) is 0 Å². The first-order valence-electron chi connectivity index (χ1n) is 13.7. The molecule has 228 valence electrons. The summed E-state index contributed by atoms with van der Waals surface area (Å²) in [6, 6.07) is 0. The number of methoxy groups -OCH3 is 1. The van der Waals surface area contributed by atoms with Crippen LogP contribution in [0.4, 0.5) is 4.79 Å². The van der Waals surface area contributed by atoms with Crippen LogP contribution in [-0.2, 0) is 23.7 Å². The van der Waals surface area contributed by atoms with Crippen LogP contribution in [0.3, 0.4) is 0 Å². The topological polar surface area (TPSA) is 94.5 Å². The number of aliphatic carboxylic acids is 1. The van der Waals surface area contributed by atoms with Gasteiger partial charge in [-0.25, -0.2) is 4.79 Å². The number of nitrogens with zero attached hydrogens (tertiary/aromatic N) is 1. The van der Waals surface area contributed by atoms with Gasteiger partial charge in [0.15, 0.2) is 0 Å². The van der Waals surface area contributed by atoms with Crippen molar-refractivity contribution in [3.8, 4) is 0 Å². The van der Waals surface area contributed by atoms with Crippen LogP contribution >= 0.6 is 0 Å². The first-order chi connectivity index (χ1) is 17.8. The first-order valence-corrected chi connectivity index (χ1v) is 13.7. The van der Waals surface area contributed by atoms with Crippen molar-refractivity contribution in [3.05, 3.63) is 45.1 Å². The summed E-state index contributed by atoms with van der Waals surface area (Å²) in [6.07, 6.45) is 6.21. The van der Waals surface area contributed by atoms with Crippen LogP contribution in [0.15, 0.2) is 23.8 Å². The molecule has 0 aromatic rings. The molecule has 1 aliphatic heterocycles. The van der Waals surface area contributed by atoms with E-state index in [-0.39, 0.29) is 81.5 Å². The Morgan fingerprint density at radius 3 is 2.33 bits per heavy atom.